The molecule has 1 unspecified atom stereocenters. The molecular formula is C19H19NO3. The monoisotopic (exact) mass is 309 g/mol. The molecule has 3 rings (SSSR count). The largest absolute Gasteiger partial charge is 0.481 e. The molecule has 0 spiro atoms. The van der Waals surface area contributed by atoms with Gasteiger partial charge in [-0.2, -0.15) is 0 Å². The smallest absolute Gasteiger partial charge is 0.312 e. The topological polar surface area (TPSA) is 57.6 Å². The van der Waals surface area contributed by atoms with Crippen LogP contribution in [0.2, 0.25) is 0 Å². The van der Waals surface area contributed by atoms with Crippen LogP contribution in [0.4, 0.5) is 5.69 Å². The number of aliphatic carboxylic acids is 1. The summed E-state index contributed by atoms with van der Waals surface area (Å²) in [5.41, 5.74) is 4.64. The molecule has 0 radical (unpaired) electrons. The van der Waals surface area contributed by atoms with Gasteiger partial charge in [0.2, 0.25) is 5.91 Å². The van der Waals surface area contributed by atoms with Crippen LogP contribution in [0.5, 0.6) is 0 Å². The summed E-state index contributed by atoms with van der Waals surface area (Å²) in [5.74, 6) is -1.60. The molecular weight excluding hydrogens is 290 g/mol. The van der Waals surface area contributed by atoms with Crippen LogP contribution in [-0.2, 0) is 16.0 Å². The van der Waals surface area contributed by atoms with Crippen LogP contribution < -0.4 is 4.90 Å². The minimum Gasteiger partial charge on any atom is -0.481 e. The molecule has 1 aliphatic heterocycles. The molecule has 0 saturated carbocycles. The van der Waals surface area contributed by atoms with E-state index in [1.54, 1.807) is 11.0 Å². The number of hydrogen-bond donors (Lipinski definition) is 1. The summed E-state index contributed by atoms with van der Waals surface area (Å²) in [6.07, 6.45) is 0.281. The Labute approximate surface area is 135 Å². The van der Waals surface area contributed by atoms with E-state index in [1.807, 2.05) is 44.2 Å². The molecule has 0 saturated heterocycles. The van der Waals surface area contributed by atoms with E-state index in [4.69, 9.17) is 0 Å². The Balaban J connectivity index is 1.87. The molecule has 118 valence electrons. The second-order valence-corrected chi connectivity index (χ2v) is 6.13. The first kappa shape index (κ1) is 15.3. The third kappa shape index (κ3) is 2.97. The van der Waals surface area contributed by atoms with Gasteiger partial charge in [-0.05, 0) is 31.0 Å². The Morgan fingerprint density at radius 2 is 1.78 bits per heavy atom. The lowest BCUT2D eigenvalue weighted by molar-refractivity contribution is -0.138. The predicted molar refractivity (Wildman–Crippen MR) is 88.8 cm³/mol. The lowest BCUT2D eigenvalue weighted by atomic mass is 10.0. The molecule has 0 fully saturated rings. The van der Waals surface area contributed by atoms with Crippen LogP contribution in [-0.4, -0.2) is 23.5 Å². The molecule has 2 aromatic carbocycles. The minimum absolute atomic E-state index is 0.0637. The maximum Gasteiger partial charge on any atom is 0.312 e. The number of anilines is 1. The van der Waals surface area contributed by atoms with E-state index >= 15 is 0 Å². The van der Waals surface area contributed by atoms with Gasteiger partial charge >= 0.3 is 5.97 Å². The highest BCUT2D eigenvalue weighted by molar-refractivity contribution is 5.99. The number of fused-ring (bicyclic) bond motifs is 1. The predicted octanol–water partition coefficient (Wildman–Crippen LogP) is 3.06. The van der Waals surface area contributed by atoms with Crippen molar-refractivity contribution in [2.75, 3.05) is 11.4 Å². The first-order valence-corrected chi connectivity index (χ1v) is 7.65. The van der Waals surface area contributed by atoms with Crippen LogP contribution in [0.15, 0.2) is 42.5 Å². The number of carboxylic acids is 1. The van der Waals surface area contributed by atoms with Crippen LogP contribution in [0.3, 0.4) is 0 Å². The van der Waals surface area contributed by atoms with Crippen molar-refractivity contribution in [2.45, 2.75) is 26.2 Å². The van der Waals surface area contributed by atoms with E-state index in [0.717, 1.165) is 16.7 Å². The van der Waals surface area contributed by atoms with Crippen LogP contribution in [0.25, 0.3) is 0 Å². The van der Waals surface area contributed by atoms with Crippen molar-refractivity contribution in [2.24, 2.45) is 0 Å². The summed E-state index contributed by atoms with van der Waals surface area (Å²) in [7, 11) is 0. The van der Waals surface area contributed by atoms with Crippen molar-refractivity contribution in [1.29, 1.82) is 0 Å². The first-order chi connectivity index (χ1) is 11.0. The number of carbonyl (C=O) groups is 2. The zero-order chi connectivity index (χ0) is 16.6. The second-order valence-electron chi connectivity index (χ2n) is 6.13. The third-order valence-corrected chi connectivity index (χ3v) is 4.20. The molecule has 4 nitrogen and oxygen atoms in total. The summed E-state index contributed by atoms with van der Waals surface area (Å²) in [6, 6.07) is 13.3. The van der Waals surface area contributed by atoms with Crippen LogP contribution in [0.1, 0.15) is 28.2 Å². The zero-order valence-corrected chi connectivity index (χ0v) is 13.2. The number of hydrogen-bond acceptors (Lipinski definition) is 2. The molecule has 1 atom stereocenters. The van der Waals surface area contributed by atoms with Gasteiger partial charge in [0.05, 0.1) is 6.42 Å². The first-order valence-electron chi connectivity index (χ1n) is 7.65. The quantitative estimate of drug-likeness (QED) is 0.948. The van der Waals surface area contributed by atoms with E-state index in [-0.39, 0.29) is 18.9 Å². The second kappa shape index (κ2) is 5.88. The number of nitrogens with zero attached hydrogens (tertiary/aromatic N) is 1. The fourth-order valence-electron chi connectivity index (χ4n) is 3.30. The number of carbonyl (C=O) groups excluding carboxylic acids is 1. The molecule has 1 amide bonds. The number of amides is 1. The van der Waals surface area contributed by atoms with E-state index < -0.39 is 11.9 Å². The molecule has 1 heterocycles. The number of carboxylic acid groups (broad SMARTS) is 1. The molecule has 2 aromatic rings. The van der Waals surface area contributed by atoms with Crippen molar-refractivity contribution in [3.63, 3.8) is 0 Å². The van der Waals surface area contributed by atoms with E-state index in [0.29, 0.717) is 11.3 Å². The van der Waals surface area contributed by atoms with Crippen LogP contribution in [0, 0.1) is 13.8 Å². The summed E-state index contributed by atoms with van der Waals surface area (Å²) in [4.78, 5) is 25.7. The van der Waals surface area contributed by atoms with Gasteiger partial charge in [-0.25, -0.2) is 0 Å². The Kier molecular flexibility index (Phi) is 3.90. The van der Waals surface area contributed by atoms with E-state index in [2.05, 4.69) is 6.07 Å². The Morgan fingerprint density at radius 3 is 2.43 bits per heavy atom. The van der Waals surface area contributed by atoms with Gasteiger partial charge in [-0.1, -0.05) is 47.5 Å². The molecule has 1 aliphatic rings. The zero-order valence-electron chi connectivity index (χ0n) is 13.2. The summed E-state index contributed by atoms with van der Waals surface area (Å²) >= 11 is 0. The van der Waals surface area contributed by atoms with Gasteiger partial charge in [-0.3, -0.25) is 9.59 Å². The minimum atomic E-state index is -0.890. The fraction of sp³-hybridized carbons (Fsp3) is 0.263. The van der Waals surface area contributed by atoms with E-state index in [9.17, 15) is 14.7 Å². The molecule has 0 aromatic heterocycles. The number of rotatable bonds is 3. The van der Waals surface area contributed by atoms with E-state index in [1.165, 1.54) is 0 Å². The Morgan fingerprint density at radius 1 is 1.13 bits per heavy atom. The van der Waals surface area contributed by atoms with Crippen molar-refractivity contribution >= 4 is 17.6 Å². The van der Waals surface area contributed by atoms with Gasteiger partial charge < -0.3 is 10.0 Å². The van der Waals surface area contributed by atoms with Crippen molar-refractivity contribution in [1.82, 2.24) is 0 Å². The van der Waals surface area contributed by atoms with Crippen molar-refractivity contribution < 1.29 is 14.7 Å². The summed E-state index contributed by atoms with van der Waals surface area (Å²) in [5, 5.41) is 9.38. The lowest BCUT2D eigenvalue weighted by Gasteiger charge is -2.18. The fourth-order valence-corrected chi connectivity index (χ4v) is 3.30. The maximum atomic E-state index is 12.7. The number of aryl methyl sites for hydroxylation is 2. The highest BCUT2D eigenvalue weighted by atomic mass is 16.4. The van der Waals surface area contributed by atoms with Gasteiger partial charge in [0.1, 0.15) is 5.92 Å². The number of para-hydroxylation sites is 1. The average Bonchev–Trinajstić information content (AvgIpc) is 2.86. The standard InChI is InChI=1S/C19H19NO3/c1-12-7-13(2)9-14(8-12)10-18(21)20-11-16(19(22)23)15-5-3-4-6-17(15)20/h3-9,16H,10-11H2,1-2H3,(H,22,23). The molecule has 4 heteroatoms. The van der Waals surface area contributed by atoms with Gasteiger partial charge in [0.15, 0.2) is 0 Å². The Bertz CT molecular complexity index is 762. The average molecular weight is 309 g/mol. The van der Waals surface area contributed by atoms with Gasteiger partial charge in [0, 0.05) is 12.2 Å². The van der Waals surface area contributed by atoms with Crippen molar-refractivity contribution in [3.05, 3.63) is 64.7 Å². The Hall–Kier alpha value is -2.62. The highest BCUT2D eigenvalue weighted by Gasteiger charge is 2.36. The number of benzene rings is 2. The van der Waals surface area contributed by atoms with Crippen LogP contribution >= 0.6 is 0 Å². The normalized spacial score (nSPS) is 16.3. The van der Waals surface area contributed by atoms with Gasteiger partial charge in [-0.15, -0.1) is 0 Å². The molecule has 1 N–H and O–H groups in total. The van der Waals surface area contributed by atoms with Crippen molar-refractivity contribution in [3.8, 4) is 0 Å². The summed E-state index contributed by atoms with van der Waals surface area (Å²) in [6.45, 7) is 4.22. The highest BCUT2D eigenvalue weighted by Crippen LogP contribution is 2.36. The third-order valence-electron chi connectivity index (χ3n) is 4.20. The SMILES string of the molecule is Cc1cc(C)cc(CC(=O)N2CC(C(=O)O)c3ccccc32)c1. The van der Waals surface area contributed by atoms with Gasteiger partial charge in [0.25, 0.3) is 0 Å². The molecule has 23 heavy (non-hydrogen) atoms. The maximum absolute atomic E-state index is 12.7. The lowest BCUT2D eigenvalue weighted by Crippen LogP contribution is -2.32. The molecule has 0 bridgehead atoms. The summed E-state index contributed by atoms with van der Waals surface area (Å²) < 4.78 is 0. The molecule has 0 aliphatic carbocycles.